The number of para-hydroxylation sites is 1. The van der Waals surface area contributed by atoms with Crippen molar-refractivity contribution < 1.29 is 9.59 Å². The molecule has 2 aromatic carbocycles. The summed E-state index contributed by atoms with van der Waals surface area (Å²) in [4.78, 5) is 27.8. The number of rotatable bonds is 8. The predicted molar refractivity (Wildman–Crippen MR) is 126 cm³/mol. The van der Waals surface area contributed by atoms with Crippen LogP contribution in [-0.4, -0.2) is 37.5 Å². The Bertz CT molecular complexity index is 858. The second kappa shape index (κ2) is 11.0. The van der Waals surface area contributed by atoms with Gasteiger partial charge in [0.2, 0.25) is 5.91 Å². The number of hydrogen-bond acceptors (Lipinski definition) is 3. The van der Waals surface area contributed by atoms with Crippen LogP contribution in [0.4, 0.5) is 5.69 Å². The molecule has 31 heavy (non-hydrogen) atoms. The van der Waals surface area contributed by atoms with Crippen LogP contribution in [0.5, 0.6) is 0 Å². The first-order valence-electron chi connectivity index (χ1n) is 11.5. The highest BCUT2D eigenvalue weighted by Gasteiger charge is 2.26. The van der Waals surface area contributed by atoms with Crippen LogP contribution in [0.2, 0.25) is 0 Å². The Morgan fingerprint density at radius 1 is 1.00 bits per heavy atom. The molecule has 5 heteroatoms. The second-order valence-electron chi connectivity index (χ2n) is 8.76. The normalized spacial score (nSPS) is 15.5. The molecule has 0 unspecified atom stereocenters. The van der Waals surface area contributed by atoms with Gasteiger partial charge in [-0.2, -0.15) is 0 Å². The van der Waals surface area contributed by atoms with Crippen LogP contribution in [0.1, 0.15) is 61.9 Å². The van der Waals surface area contributed by atoms with Crippen molar-refractivity contribution in [2.24, 2.45) is 5.92 Å². The minimum atomic E-state index is -0.107. The molecule has 1 atom stereocenters. The van der Waals surface area contributed by atoms with Crippen LogP contribution in [0.3, 0.4) is 0 Å². The molecule has 1 heterocycles. The number of nitrogens with one attached hydrogen (secondary N) is 2. The number of piperidine rings is 1. The van der Waals surface area contributed by atoms with E-state index < -0.39 is 0 Å². The standard InChI is InChI=1S/C26H35N3O2/c1-4-22(20-10-6-5-7-11-20)26(31)28-21-14-16-29(17-15-21)24-13-9-8-12-23(24)25(30)27-18-19(2)3/h5-13,19,21-22H,4,14-18H2,1-3H3,(H,27,30)(H,28,31)/t22-/m1/s1. The molecule has 1 aliphatic rings. The summed E-state index contributed by atoms with van der Waals surface area (Å²) in [5, 5.41) is 6.29. The topological polar surface area (TPSA) is 61.4 Å². The summed E-state index contributed by atoms with van der Waals surface area (Å²) >= 11 is 0. The van der Waals surface area contributed by atoms with Crippen molar-refractivity contribution in [2.45, 2.75) is 52.0 Å². The van der Waals surface area contributed by atoms with Gasteiger partial charge in [0.05, 0.1) is 11.5 Å². The Labute approximate surface area is 186 Å². The number of nitrogens with zero attached hydrogens (tertiary/aromatic N) is 1. The Kier molecular flexibility index (Phi) is 8.10. The highest BCUT2D eigenvalue weighted by atomic mass is 16.2. The maximum absolute atomic E-state index is 12.9. The molecule has 0 spiro atoms. The maximum Gasteiger partial charge on any atom is 0.253 e. The molecule has 166 valence electrons. The van der Waals surface area contributed by atoms with Gasteiger partial charge >= 0.3 is 0 Å². The number of carbonyl (C=O) groups is 2. The van der Waals surface area contributed by atoms with Gasteiger partial charge in [-0.3, -0.25) is 9.59 Å². The third-order valence-electron chi connectivity index (χ3n) is 5.93. The van der Waals surface area contributed by atoms with E-state index in [-0.39, 0.29) is 23.8 Å². The average Bonchev–Trinajstić information content (AvgIpc) is 2.79. The highest BCUT2D eigenvalue weighted by Crippen LogP contribution is 2.25. The van der Waals surface area contributed by atoms with Crippen molar-refractivity contribution in [1.82, 2.24) is 10.6 Å². The molecule has 0 saturated carbocycles. The van der Waals surface area contributed by atoms with E-state index in [1.54, 1.807) is 0 Å². The van der Waals surface area contributed by atoms with Gasteiger partial charge in [0.1, 0.15) is 0 Å². The fourth-order valence-corrected chi connectivity index (χ4v) is 4.16. The molecule has 1 aliphatic heterocycles. The predicted octanol–water partition coefficient (Wildman–Crippen LogP) is 4.35. The van der Waals surface area contributed by atoms with Gasteiger partial charge in [-0.05, 0) is 42.9 Å². The van der Waals surface area contributed by atoms with E-state index in [1.165, 1.54) is 0 Å². The molecule has 0 radical (unpaired) electrons. The van der Waals surface area contributed by atoms with Crippen LogP contribution in [0, 0.1) is 5.92 Å². The maximum atomic E-state index is 12.9. The summed E-state index contributed by atoms with van der Waals surface area (Å²) in [6.45, 7) is 8.55. The molecular weight excluding hydrogens is 386 g/mol. The third-order valence-corrected chi connectivity index (χ3v) is 5.93. The van der Waals surface area contributed by atoms with Crippen molar-refractivity contribution in [3.63, 3.8) is 0 Å². The van der Waals surface area contributed by atoms with E-state index in [0.29, 0.717) is 12.5 Å². The fourth-order valence-electron chi connectivity index (χ4n) is 4.16. The molecule has 0 bridgehead atoms. The molecule has 2 N–H and O–H groups in total. The Hall–Kier alpha value is -2.82. The number of amides is 2. The highest BCUT2D eigenvalue weighted by molar-refractivity contribution is 5.99. The van der Waals surface area contributed by atoms with E-state index >= 15 is 0 Å². The van der Waals surface area contributed by atoms with E-state index in [1.807, 2.05) is 54.6 Å². The van der Waals surface area contributed by atoms with Gasteiger partial charge in [-0.15, -0.1) is 0 Å². The Morgan fingerprint density at radius 3 is 2.29 bits per heavy atom. The lowest BCUT2D eigenvalue weighted by Gasteiger charge is -2.35. The Balaban J connectivity index is 1.59. The summed E-state index contributed by atoms with van der Waals surface area (Å²) in [5.74, 6) is 0.400. The van der Waals surface area contributed by atoms with Gasteiger partial charge in [0.15, 0.2) is 0 Å². The fraction of sp³-hybridized carbons (Fsp3) is 0.462. The van der Waals surface area contributed by atoms with Gasteiger partial charge in [-0.25, -0.2) is 0 Å². The summed E-state index contributed by atoms with van der Waals surface area (Å²) in [6.07, 6.45) is 2.53. The zero-order chi connectivity index (χ0) is 22.2. The molecule has 3 rings (SSSR count). The smallest absolute Gasteiger partial charge is 0.253 e. The van der Waals surface area contributed by atoms with Crippen molar-refractivity contribution in [2.75, 3.05) is 24.5 Å². The van der Waals surface area contributed by atoms with Crippen molar-refractivity contribution in [1.29, 1.82) is 0 Å². The lowest BCUT2D eigenvalue weighted by molar-refractivity contribution is -0.123. The molecule has 2 amide bonds. The molecule has 1 fully saturated rings. The van der Waals surface area contributed by atoms with Crippen LogP contribution in [0.25, 0.3) is 0 Å². The molecule has 0 aliphatic carbocycles. The molecular formula is C26H35N3O2. The van der Waals surface area contributed by atoms with Crippen molar-refractivity contribution in [3.05, 3.63) is 65.7 Å². The van der Waals surface area contributed by atoms with Crippen LogP contribution in [0.15, 0.2) is 54.6 Å². The minimum absolute atomic E-state index is 0.0200. The first-order chi connectivity index (χ1) is 15.0. The quantitative estimate of drug-likeness (QED) is 0.666. The summed E-state index contributed by atoms with van der Waals surface area (Å²) in [7, 11) is 0. The zero-order valence-corrected chi connectivity index (χ0v) is 18.9. The van der Waals surface area contributed by atoms with E-state index in [0.717, 1.165) is 49.2 Å². The van der Waals surface area contributed by atoms with Gasteiger partial charge in [0, 0.05) is 31.4 Å². The van der Waals surface area contributed by atoms with Crippen molar-refractivity contribution in [3.8, 4) is 0 Å². The van der Waals surface area contributed by atoms with E-state index in [9.17, 15) is 9.59 Å². The monoisotopic (exact) mass is 421 g/mol. The zero-order valence-electron chi connectivity index (χ0n) is 18.9. The van der Waals surface area contributed by atoms with Gasteiger partial charge in [0.25, 0.3) is 5.91 Å². The number of benzene rings is 2. The van der Waals surface area contributed by atoms with E-state index in [4.69, 9.17) is 0 Å². The van der Waals surface area contributed by atoms with Gasteiger partial charge < -0.3 is 15.5 Å². The number of anilines is 1. The second-order valence-corrected chi connectivity index (χ2v) is 8.76. The molecule has 5 nitrogen and oxygen atoms in total. The Morgan fingerprint density at radius 2 is 1.65 bits per heavy atom. The molecule has 2 aromatic rings. The first kappa shape index (κ1) is 22.9. The summed E-state index contributed by atoms with van der Waals surface area (Å²) in [5.41, 5.74) is 2.77. The summed E-state index contributed by atoms with van der Waals surface area (Å²) < 4.78 is 0. The van der Waals surface area contributed by atoms with Crippen LogP contribution in [-0.2, 0) is 4.79 Å². The van der Waals surface area contributed by atoms with Crippen molar-refractivity contribution >= 4 is 17.5 Å². The summed E-state index contributed by atoms with van der Waals surface area (Å²) in [6, 6.07) is 18.0. The first-order valence-corrected chi connectivity index (χ1v) is 11.5. The number of hydrogen-bond donors (Lipinski definition) is 2. The number of carbonyl (C=O) groups excluding carboxylic acids is 2. The third kappa shape index (κ3) is 6.09. The van der Waals surface area contributed by atoms with Crippen LogP contribution < -0.4 is 15.5 Å². The lowest BCUT2D eigenvalue weighted by Crippen LogP contribution is -2.46. The van der Waals surface area contributed by atoms with E-state index in [2.05, 4.69) is 36.3 Å². The largest absolute Gasteiger partial charge is 0.371 e. The minimum Gasteiger partial charge on any atom is -0.371 e. The van der Waals surface area contributed by atoms with Crippen LogP contribution >= 0.6 is 0 Å². The van der Waals surface area contributed by atoms with Gasteiger partial charge in [-0.1, -0.05) is 63.2 Å². The average molecular weight is 422 g/mol. The molecule has 1 saturated heterocycles. The lowest BCUT2D eigenvalue weighted by atomic mass is 9.94. The molecule has 0 aromatic heterocycles. The SMILES string of the molecule is CC[C@@H](C(=O)NC1CCN(c2ccccc2C(=O)NCC(C)C)CC1)c1ccccc1.